The predicted octanol–water partition coefficient (Wildman–Crippen LogP) is 4.59. The summed E-state index contributed by atoms with van der Waals surface area (Å²) in [5.41, 5.74) is 3.63. The van der Waals surface area contributed by atoms with Crippen molar-refractivity contribution in [3.05, 3.63) is 33.8 Å². The number of aryl methyl sites for hydroxylation is 1. The maximum absolute atomic E-state index is 11.9. The summed E-state index contributed by atoms with van der Waals surface area (Å²) in [6.07, 6.45) is 8.15. The van der Waals surface area contributed by atoms with Crippen LogP contribution >= 0.6 is 11.6 Å². The molecular formula is C17H21ClO2. The van der Waals surface area contributed by atoms with E-state index in [9.17, 15) is 4.79 Å². The van der Waals surface area contributed by atoms with E-state index < -0.39 is 0 Å². The summed E-state index contributed by atoms with van der Waals surface area (Å²) in [6.45, 7) is 0. The molecule has 2 aliphatic rings. The lowest BCUT2D eigenvalue weighted by atomic mass is 9.82. The van der Waals surface area contributed by atoms with Gasteiger partial charge in [0.1, 0.15) is 0 Å². The van der Waals surface area contributed by atoms with E-state index in [1.165, 1.54) is 50.3 Å². The average Bonchev–Trinajstić information content (AvgIpc) is 2.89. The van der Waals surface area contributed by atoms with Gasteiger partial charge in [-0.3, -0.25) is 4.79 Å². The van der Waals surface area contributed by atoms with Crippen molar-refractivity contribution in [2.45, 2.75) is 56.8 Å². The zero-order valence-corrected chi connectivity index (χ0v) is 12.7. The van der Waals surface area contributed by atoms with Gasteiger partial charge in [-0.05, 0) is 54.4 Å². The van der Waals surface area contributed by atoms with E-state index in [-0.39, 0.29) is 11.9 Å². The minimum Gasteiger partial charge on any atom is -0.469 e. The highest BCUT2D eigenvalue weighted by Crippen LogP contribution is 2.42. The quantitative estimate of drug-likeness (QED) is 0.745. The summed E-state index contributed by atoms with van der Waals surface area (Å²) >= 11 is 6.49. The number of carbonyl (C=O) groups excluding carboxylic acids is 1. The Kier molecular flexibility index (Phi) is 4.02. The molecule has 0 radical (unpaired) electrons. The molecule has 2 aliphatic carbocycles. The van der Waals surface area contributed by atoms with Gasteiger partial charge in [0, 0.05) is 5.02 Å². The van der Waals surface area contributed by atoms with Gasteiger partial charge < -0.3 is 4.74 Å². The lowest BCUT2D eigenvalue weighted by Crippen LogP contribution is -2.12. The van der Waals surface area contributed by atoms with Crippen LogP contribution in [-0.2, 0) is 16.0 Å². The van der Waals surface area contributed by atoms with Crippen molar-refractivity contribution in [2.24, 2.45) is 0 Å². The van der Waals surface area contributed by atoms with Crippen LogP contribution in [0.2, 0.25) is 5.02 Å². The number of hydrogen-bond donors (Lipinski definition) is 0. The predicted molar refractivity (Wildman–Crippen MR) is 80.4 cm³/mol. The Labute approximate surface area is 125 Å². The van der Waals surface area contributed by atoms with Crippen LogP contribution < -0.4 is 0 Å². The largest absolute Gasteiger partial charge is 0.469 e. The van der Waals surface area contributed by atoms with E-state index in [0.29, 0.717) is 5.92 Å². The molecule has 2 nitrogen and oxygen atoms in total. The molecule has 1 aromatic carbocycles. The van der Waals surface area contributed by atoms with Gasteiger partial charge in [-0.2, -0.15) is 0 Å². The second kappa shape index (κ2) is 5.77. The first-order valence-corrected chi connectivity index (χ1v) is 7.98. The van der Waals surface area contributed by atoms with E-state index in [1.54, 1.807) is 0 Å². The Morgan fingerprint density at radius 2 is 1.90 bits per heavy atom. The first kappa shape index (κ1) is 13.9. The first-order chi connectivity index (χ1) is 9.70. The average molecular weight is 293 g/mol. The van der Waals surface area contributed by atoms with Crippen molar-refractivity contribution in [3.8, 4) is 0 Å². The number of methoxy groups -OCH3 is 1. The Hall–Kier alpha value is -1.02. The molecule has 0 N–H and O–H groups in total. The maximum atomic E-state index is 11.9. The third-order valence-corrected chi connectivity index (χ3v) is 5.19. The van der Waals surface area contributed by atoms with Gasteiger partial charge in [-0.1, -0.05) is 36.9 Å². The summed E-state index contributed by atoms with van der Waals surface area (Å²) in [6, 6.07) is 4.28. The third kappa shape index (κ3) is 2.46. The number of carbonyl (C=O) groups is 1. The Balaban J connectivity index is 1.95. The molecular weight excluding hydrogens is 272 g/mol. The topological polar surface area (TPSA) is 26.3 Å². The van der Waals surface area contributed by atoms with Crippen molar-refractivity contribution in [3.63, 3.8) is 0 Å². The summed E-state index contributed by atoms with van der Waals surface area (Å²) in [5.74, 6) is 0.371. The highest BCUT2D eigenvalue weighted by molar-refractivity contribution is 6.31. The summed E-state index contributed by atoms with van der Waals surface area (Å²) in [5, 5.41) is 0.890. The van der Waals surface area contributed by atoms with Crippen molar-refractivity contribution >= 4 is 17.6 Å². The van der Waals surface area contributed by atoms with Crippen LogP contribution in [0, 0.1) is 0 Å². The number of halogens is 1. The van der Waals surface area contributed by atoms with Gasteiger partial charge in [0.05, 0.1) is 13.0 Å². The number of ether oxygens (including phenoxy) is 1. The van der Waals surface area contributed by atoms with E-state index in [0.717, 1.165) is 23.4 Å². The van der Waals surface area contributed by atoms with Crippen LogP contribution in [0.3, 0.4) is 0 Å². The summed E-state index contributed by atoms with van der Waals surface area (Å²) in [7, 11) is 1.47. The van der Waals surface area contributed by atoms with Crippen molar-refractivity contribution < 1.29 is 9.53 Å². The van der Waals surface area contributed by atoms with Gasteiger partial charge in [0.15, 0.2) is 0 Å². The normalized spacial score (nSPS) is 22.6. The van der Waals surface area contributed by atoms with Gasteiger partial charge in [-0.25, -0.2) is 0 Å². The smallest absolute Gasteiger partial charge is 0.313 e. The molecule has 108 valence electrons. The van der Waals surface area contributed by atoms with Crippen LogP contribution in [0.15, 0.2) is 12.1 Å². The molecule has 20 heavy (non-hydrogen) atoms. The van der Waals surface area contributed by atoms with Gasteiger partial charge in [0.25, 0.3) is 0 Å². The van der Waals surface area contributed by atoms with Gasteiger partial charge >= 0.3 is 5.97 Å². The standard InChI is InChI=1S/C17H21ClO2/c1-20-17(19)13-8-7-12-9-16(18)15(10-14(12)13)11-5-3-2-4-6-11/h9-11,13H,2-8H2,1H3. The first-order valence-electron chi connectivity index (χ1n) is 7.60. The number of hydrogen-bond acceptors (Lipinski definition) is 2. The van der Waals surface area contributed by atoms with Crippen molar-refractivity contribution in [1.82, 2.24) is 0 Å². The fourth-order valence-electron chi connectivity index (χ4n) is 3.76. The number of esters is 1. The molecule has 0 bridgehead atoms. The van der Waals surface area contributed by atoms with Crippen LogP contribution in [0.4, 0.5) is 0 Å². The van der Waals surface area contributed by atoms with E-state index >= 15 is 0 Å². The fourth-order valence-corrected chi connectivity index (χ4v) is 4.10. The third-order valence-electron chi connectivity index (χ3n) is 4.87. The van der Waals surface area contributed by atoms with E-state index in [4.69, 9.17) is 16.3 Å². The zero-order chi connectivity index (χ0) is 14.1. The molecule has 1 saturated carbocycles. The molecule has 1 aromatic rings. The second-order valence-corrected chi connectivity index (χ2v) is 6.43. The minimum atomic E-state index is -0.110. The molecule has 0 amide bonds. The maximum Gasteiger partial charge on any atom is 0.313 e. The molecule has 0 saturated heterocycles. The molecule has 0 aliphatic heterocycles. The molecule has 0 spiro atoms. The van der Waals surface area contributed by atoms with Gasteiger partial charge in [-0.15, -0.1) is 0 Å². The minimum absolute atomic E-state index is 0.0883. The van der Waals surface area contributed by atoms with E-state index in [2.05, 4.69) is 12.1 Å². The zero-order valence-electron chi connectivity index (χ0n) is 12.0. The number of rotatable bonds is 2. The van der Waals surface area contributed by atoms with E-state index in [1.807, 2.05) is 0 Å². The molecule has 1 atom stereocenters. The molecule has 1 unspecified atom stereocenters. The fraction of sp³-hybridized carbons (Fsp3) is 0.588. The lowest BCUT2D eigenvalue weighted by molar-refractivity contribution is -0.142. The monoisotopic (exact) mass is 292 g/mol. The number of fused-ring (bicyclic) bond motifs is 1. The second-order valence-electron chi connectivity index (χ2n) is 6.02. The van der Waals surface area contributed by atoms with Gasteiger partial charge in [0.2, 0.25) is 0 Å². The lowest BCUT2D eigenvalue weighted by Gasteiger charge is -2.24. The molecule has 3 heteroatoms. The van der Waals surface area contributed by atoms with Crippen molar-refractivity contribution in [1.29, 1.82) is 0 Å². The SMILES string of the molecule is COC(=O)C1CCc2cc(Cl)c(C3CCCCC3)cc21. The Morgan fingerprint density at radius 3 is 2.60 bits per heavy atom. The Bertz CT molecular complexity index is 518. The molecule has 0 aromatic heterocycles. The van der Waals surface area contributed by atoms with Crippen LogP contribution in [0.1, 0.15) is 67.1 Å². The summed E-state index contributed by atoms with van der Waals surface area (Å²) < 4.78 is 4.93. The van der Waals surface area contributed by atoms with Crippen LogP contribution in [-0.4, -0.2) is 13.1 Å². The molecule has 3 rings (SSSR count). The van der Waals surface area contributed by atoms with Crippen molar-refractivity contribution in [2.75, 3.05) is 7.11 Å². The Morgan fingerprint density at radius 1 is 1.15 bits per heavy atom. The molecule has 1 fully saturated rings. The van der Waals surface area contributed by atoms with Crippen LogP contribution in [0.25, 0.3) is 0 Å². The summed E-state index contributed by atoms with van der Waals surface area (Å²) in [4.78, 5) is 11.9. The number of benzene rings is 1. The molecule has 0 heterocycles. The highest BCUT2D eigenvalue weighted by atomic mass is 35.5. The van der Waals surface area contributed by atoms with Crippen LogP contribution in [0.5, 0.6) is 0 Å². The highest BCUT2D eigenvalue weighted by Gasteiger charge is 2.31.